The van der Waals surface area contributed by atoms with E-state index in [4.69, 9.17) is 0 Å². The normalized spacial score (nSPS) is 12.5. The molecule has 0 aliphatic carbocycles. The summed E-state index contributed by atoms with van der Waals surface area (Å²) in [4.78, 5) is 0. The highest BCUT2D eigenvalue weighted by molar-refractivity contribution is 7.92. The number of hydrogen-bond donors (Lipinski definition) is 0. The minimum atomic E-state index is -4.95. The van der Waals surface area contributed by atoms with Gasteiger partial charge in [-0.25, -0.2) is 8.42 Å². The molecule has 84 valence electrons. The van der Waals surface area contributed by atoms with Crippen LogP contribution in [-0.4, -0.2) is 21.0 Å². The van der Waals surface area contributed by atoms with Gasteiger partial charge in [0, 0.05) is 0 Å². The number of halogens is 3. The zero-order valence-corrected chi connectivity index (χ0v) is 8.51. The van der Waals surface area contributed by atoms with E-state index >= 15 is 0 Å². The van der Waals surface area contributed by atoms with Crippen LogP contribution in [0, 0.1) is 0 Å². The zero-order valence-electron chi connectivity index (χ0n) is 7.69. The SMILES string of the molecule is CS(=O)(=O)N(c1ccccc1)C(F)(F)F. The maximum absolute atomic E-state index is 12.4. The number of para-hydroxylation sites is 1. The number of sulfonamides is 1. The molecule has 0 aliphatic heterocycles. The Morgan fingerprint density at radius 1 is 1.13 bits per heavy atom. The highest BCUT2D eigenvalue weighted by Crippen LogP contribution is 2.30. The first-order valence-electron chi connectivity index (χ1n) is 3.85. The van der Waals surface area contributed by atoms with Gasteiger partial charge < -0.3 is 0 Å². The van der Waals surface area contributed by atoms with Crippen LogP contribution < -0.4 is 4.31 Å². The van der Waals surface area contributed by atoms with E-state index in [1.807, 2.05) is 0 Å². The maximum Gasteiger partial charge on any atom is 0.498 e. The molecule has 0 atom stereocenters. The van der Waals surface area contributed by atoms with Gasteiger partial charge in [-0.1, -0.05) is 18.2 Å². The molecule has 0 fully saturated rings. The molecule has 0 saturated carbocycles. The lowest BCUT2D eigenvalue weighted by molar-refractivity contribution is -0.115. The summed E-state index contributed by atoms with van der Waals surface area (Å²) in [6.45, 7) is 0. The minimum absolute atomic E-state index is 0.424. The van der Waals surface area contributed by atoms with Crippen LogP contribution in [0.5, 0.6) is 0 Å². The third-order valence-corrected chi connectivity index (χ3v) is 2.63. The van der Waals surface area contributed by atoms with E-state index in [9.17, 15) is 21.6 Å². The summed E-state index contributed by atoms with van der Waals surface area (Å²) >= 11 is 0. The van der Waals surface area contributed by atoms with Crippen molar-refractivity contribution in [2.75, 3.05) is 10.6 Å². The van der Waals surface area contributed by atoms with E-state index in [1.165, 1.54) is 18.2 Å². The van der Waals surface area contributed by atoms with Crippen molar-refractivity contribution in [3.05, 3.63) is 30.3 Å². The molecule has 0 amide bonds. The molecular formula is C8H8F3NO2S. The Morgan fingerprint density at radius 3 is 1.93 bits per heavy atom. The Balaban J connectivity index is 3.27. The summed E-state index contributed by atoms with van der Waals surface area (Å²) in [6.07, 6.45) is -4.44. The predicted octanol–water partition coefficient (Wildman–Crippen LogP) is 1.97. The van der Waals surface area contributed by atoms with Crippen LogP contribution in [0.3, 0.4) is 0 Å². The van der Waals surface area contributed by atoms with E-state index in [0.717, 1.165) is 12.1 Å². The van der Waals surface area contributed by atoms with Crippen molar-refractivity contribution in [3.63, 3.8) is 0 Å². The van der Waals surface area contributed by atoms with Gasteiger partial charge in [-0.15, -0.1) is 13.2 Å². The Kier molecular flexibility index (Phi) is 2.94. The fraction of sp³-hybridized carbons (Fsp3) is 0.250. The molecule has 3 nitrogen and oxygen atoms in total. The predicted molar refractivity (Wildman–Crippen MR) is 49.8 cm³/mol. The number of benzene rings is 1. The second-order valence-electron chi connectivity index (χ2n) is 2.83. The lowest BCUT2D eigenvalue weighted by Gasteiger charge is -2.24. The Morgan fingerprint density at radius 2 is 1.60 bits per heavy atom. The van der Waals surface area contributed by atoms with Crippen LogP contribution in [-0.2, 0) is 10.0 Å². The highest BCUT2D eigenvalue weighted by Gasteiger charge is 2.43. The summed E-state index contributed by atoms with van der Waals surface area (Å²) in [6, 6.07) is 6.32. The Labute approximate surface area is 85.2 Å². The van der Waals surface area contributed by atoms with Crippen molar-refractivity contribution < 1.29 is 21.6 Å². The van der Waals surface area contributed by atoms with Gasteiger partial charge in [-0.3, -0.25) is 0 Å². The smallest absolute Gasteiger partial charge is 0.206 e. The lowest BCUT2D eigenvalue weighted by atomic mass is 10.3. The van der Waals surface area contributed by atoms with Crippen molar-refractivity contribution in [2.45, 2.75) is 6.30 Å². The number of rotatable bonds is 2. The van der Waals surface area contributed by atoms with Crippen LogP contribution in [0.2, 0.25) is 0 Å². The average Bonchev–Trinajstić information content (AvgIpc) is 2.00. The van der Waals surface area contributed by atoms with E-state index in [2.05, 4.69) is 0 Å². The van der Waals surface area contributed by atoms with Gasteiger partial charge in [0.1, 0.15) is 0 Å². The molecule has 0 unspecified atom stereocenters. The molecule has 0 bridgehead atoms. The summed E-state index contributed by atoms with van der Waals surface area (Å²) in [5, 5.41) is 0. The summed E-state index contributed by atoms with van der Waals surface area (Å²) in [7, 11) is -4.37. The number of nitrogens with zero attached hydrogens (tertiary/aromatic N) is 1. The van der Waals surface area contributed by atoms with Crippen LogP contribution >= 0.6 is 0 Å². The molecule has 0 N–H and O–H groups in total. The van der Waals surface area contributed by atoms with Gasteiger partial charge in [0.15, 0.2) is 0 Å². The first-order chi connectivity index (χ1) is 6.73. The quantitative estimate of drug-likeness (QED) is 0.740. The fourth-order valence-electron chi connectivity index (χ4n) is 1.09. The first-order valence-corrected chi connectivity index (χ1v) is 5.70. The maximum atomic E-state index is 12.4. The average molecular weight is 239 g/mol. The monoisotopic (exact) mass is 239 g/mol. The largest absolute Gasteiger partial charge is 0.498 e. The molecule has 1 rings (SSSR count). The third-order valence-electron chi connectivity index (χ3n) is 1.55. The Hall–Kier alpha value is -1.24. The minimum Gasteiger partial charge on any atom is -0.206 e. The fourth-order valence-corrected chi connectivity index (χ4v) is 1.97. The molecule has 1 aromatic rings. The molecule has 1 aromatic carbocycles. The van der Waals surface area contributed by atoms with Crippen LogP contribution in [0.15, 0.2) is 30.3 Å². The molecule has 0 aromatic heterocycles. The van der Waals surface area contributed by atoms with Gasteiger partial charge in [-0.05, 0) is 12.1 Å². The lowest BCUT2D eigenvalue weighted by Crippen LogP contribution is -2.42. The third kappa shape index (κ3) is 2.85. The molecule has 0 spiro atoms. The van der Waals surface area contributed by atoms with Crippen molar-refractivity contribution in [2.24, 2.45) is 0 Å². The van der Waals surface area contributed by atoms with Gasteiger partial charge in [0.25, 0.3) is 0 Å². The van der Waals surface area contributed by atoms with Gasteiger partial charge in [0.2, 0.25) is 10.0 Å². The second kappa shape index (κ2) is 3.73. The van der Waals surface area contributed by atoms with E-state index in [-0.39, 0.29) is 0 Å². The highest BCUT2D eigenvalue weighted by atomic mass is 32.2. The molecule has 0 aliphatic rings. The van der Waals surface area contributed by atoms with Crippen LogP contribution in [0.4, 0.5) is 18.9 Å². The first kappa shape index (κ1) is 11.8. The van der Waals surface area contributed by atoms with E-state index in [1.54, 1.807) is 0 Å². The number of anilines is 1. The standard InChI is InChI=1S/C8H8F3NO2S/c1-15(13,14)12(8(9,10)11)7-5-3-2-4-6-7/h2-6H,1H3. The van der Waals surface area contributed by atoms with E-state index in [0.29, 0.717) is 6.26 Å². The summed E-state index contributed by atoms with van der Waals surface area (Å²) in [5.41, 5.74) is -0.424. The summed E-state index contributed by atoms with van der Waals surface area (Å²) in [5.74, 6) is 0. The molecule has 0 heterocycles. The van der Waals surface area contributed by atoms with Crippen LogP contribution in [0.1, 0.15) is 0 Å². The van der Waals surface area contributed by atoms with Crippen molar-refractivity contribution in [1.82, 2.24) is 0 Å². The van der Waals surface area contributed by atoms with E-state index < -0.39 is 26.3 Å². The summed E-state index contributed by atoms with van der Waals surface area (Å²) < 4.78 is 58.7. The van der Waals surface area contributed by atoms with Crippen molar-refractivity contribution in [3.8, 4) is 0 Å². The molecule has 0 radical (unpaired) electrons. The van der Waals surface area contributed by atoms with Crippen molar-refractivity contribution in [1.29, 1.82) is 0 Å². The second-order valence-corrected chi connectivity index (χ2v) is 4.66. The number of hydrogen-bond acceptors (Lipinski definition) is 2. The Bertz CT molecular complexity index is 427. The van der Waals surface area contributed by atoms with Gasteiger partial charge in [0.05, 0.1) is 11.9 Å². The molecule has 7 heteroatoms. The van der Waals surface area contributed by atoms with Crippen molar-refractivity contribution >= 4 is 15.7 Å². The van der Waals surface area contributed by atoms with Gasteiger partial charge in [-0.2, -0.15) is 4.31 Å². The molecular weight excluding hydrogens is 231 g/mol. The number of alkyl halides is 3. The van der Waals surface area contributed by atoms with Crippen LogP contribution in [0.25, 0.3) is 0 Å². The zero-order chi connectivity index (χ0) is 11.7. The molecule has 0 saturated heterocycles. The molecule has 15 heavy (non-hydrogen) atoms. The topological polar surface area (TPSA) is 37.4 Å². The van der Waals surface area contributed by atoms with Gasteiger partial charge >= 0.3 is 6.30 Å².